The number of esters is 1. The van der Waals surface area contributed by atoms with E-state index in [1.807, 2.05) is 0 Å². The minimum Gasteiger partial charge on any atom is -0.448 e. The maximum Gasteiger partial charge on any atom is 0.426 e. The highest BCUT2D eigenvalue weighted by atomic mass is 32.2. The van der Waals surface area contributed by atoms with Crippen molar-refractivity contribution in [1.29, 1.82) is 0 Å². The molecule has 1 rings (SSSR count). The molecule has 0 amide bonds. The maximum atomic E-state index is 13.2. The molecule has 0 spiro atoms. The lowest BCUT2D eigenvalue weighted by molar-refractivity contribution is -0.197. The van der Waals surface area contributed by atoms with Crippen LogP contribution in [0.25, 0.3) is 0 Å². The Morgan fingerprint density at radius 1 is 1.18 bits per heavy atom. The Morgan fingerprint density at radius 2 is 1.68 bits per heavy atom. The van der Waals surface area contributed by atoms with Crippen molar-refractivity contribution in [2.24, 2.45) is 0 Å². The predicted octanol–water partition coefficient (Wildman–Crippen LogP) is 2.08. The van der Waals surface area contributed by atoms with E-state index < -0.39 is 57.1 Å². The highest BCUT2D eigenvalue weighted by Crippen LogP contribution is 2.26. The van der Waals surface area contributed by atoms with Crippen LogP contribution >= 0.6 is 0 Å². The summed E-state index contributed by atoms with van der Waals surface area (Å²) in [4.78, 5) is 11.3. The van der Waals surface area contributed by atoms with Crippen molar-refractivity contribution in [2.75, 3.05) is 5.75 Å². The zero-order valence-corrected chi connectivity index (χ0v) is 11.0. The van der Waals surface area contributed by atoms with Gasteiger partial charge < -0.3 is 4.74 Å². The normalized spacial score (nSPS) is 13.8. The zero-order chi connectivity index (χ0) is 17.3. The Bertz CT molecular complexity index is 684. The summed E-state index contributed by atoms with van der Waals surface area (Å²) in [5, 5.41) is 0. The molecule has 0 saturated heterocycles. The van der Waals surface area contributed by atoms with Gasteiger partial charge in [-0.3, -0.25) is 4.55 Å². The molecule has 0 aromatic heterocycles. The summed E-state index contributed by atoms with van der Waals surface area (Å²) in [7, 11) is -5.22. The van der Waals surface area contributed by atoms with Gasteiger partial charge in [0.15, 0.2) is 11.6 Å². The molecule has 1 unspecified atom stereocenters. The second kappa shape index (κ2) is 6.12. The van der Waals surface area contributed by atoms with E-state index in [1.54, 1.807) is 0 Å². The molecule has 22 heavy (non-hydrogen) atoms. The van der Waals surface area contributed by atoms with Crippen LogP contribution in [0.3, 0.4) is 0 Å². The van der Waals surface area contributed by atoms with E-state index in [9.17, 15) is 39.6 Å². The molecule has 0 aliphatic heterocycles. The third-order valence-electron chi connectivity index (χ3n) is 2.22. The van der Waals surface area contributed by atoms with E-state index >= 15 is 0 Å². The second-order valence-electron chi connectivity index (χ2n) is 3.90. The lowest BCUT2D eigenvalue weighted by Gasteiger charge is -2.19. The Kier molecular flexibility index (Phi) is 5.07. The van der Waals surface area contributed by atoms with Crippen molar-refractivity contribution in [1.82, 2.24) is 0 Å². The van der Waals surface area contributed by atoms with Gasteiger partial charge in [-0.05, 0) is 12.1 Å². The number of halogens is 6. The summed E-state index contributed by atoms with van der Waals surface area (Å²) < 4.78 is 110. The predicted molar refractivity (Wildman–Crippen MR) is 58.0 cm³/mol. The quantitative estimate of drug-likeness (QED) is 0.388. The molecule has 5 nitrogen and oxygen atoms in total. The van der Waals surface area contributed by atoms with Crippen LogP contribution < -0.4 is 0 Å². The molecule has 1 N–H and O–H groups in total. The van der Waals surface area contributed by atoms with E-state index in [2.05, 4.69) is 4.74 Å². The minimum atomic E-state index is -5.45. The Labute approximate surface area is 119 Å². The monoisotopic (exact) mass is 352 g/mol. The molecular formula is C10H6F6O5S. The van der Waals surface area contributed by atoms with Crippen LogP contribution in [0.2, 0.25) is 0 Å². The lowest BCUT2D eigenvalue weighted by atomic mass is 10.2. The smallest absolute Gasteiger partial charge is 0.426 e. The van der Waals surface area contributed by atoms with E-state index in [-0.39, 0.29) is 12.1 Å². The molecular weight excluding hydrogens is 346 g/mol. The van der Waals surface area contributed by atoms with Gasteiger partial charge in [0, 0.05) is 0 Å². The fourth-order valence-electron chi connectivity index (χ4n) is 1.29. The van der Waals surface area contributed by atoms with Crippen molar-refractivity contribution in [3.05, 3.63) is 35.1 Å². The van der Waals surface area contributed by atoms with Crippen LogP contribution in [0.1, 0.15) is 10.4 Å². The zero-order valence-electron chi connectivity index (χ0n) is 10.2. The van der Waals surface area contributed by atoms with E-state index in [4.69, 9.17) is 4.55 Å². The van der Waals surface area contributed by atoms with Gasteiger partial charge in [-0.2, -0.15) is 21.6 Å². The maximum absolute atomic E-state index is 13.2. The molecule has 0 heterocycles. The number of benzene rings is 1. The first-order valence-corrected chi connectivity index (χ1v) is 6.80. The highest BCUT2D eigenvalue weighted by Gasteiger charge is 2.46. The highest BCUT2D eigenvalue weighted by molar-refractivity contribution is 7.85. The minimum absolute atomic E-state index is 0.264. The number of carbonyl (C=O) groups excluding carboxylic acids is 1. The number of hydrogen-bond acceptors (Lipinski definition) is 4. The van der Waals surface area contributed by atoms with Crippen molar-refractivity contribution in [3.63, 3.8) is 0 Å². The Hall–Kier alpha value is -1.82. The Balaban J connectivity index is 3.15. The van der Waals surface area contributed by atoms with Gasteiger partial charge in [0.05, 0.1) is 0 Å². The molecule has 0 aliphatic rings. The van der Waals surface area contributed by atoms with E-state index in [0.29, 0.717) is 0 Å². The summed E-state index contributed by atoms with van der Waals surface area (Å²) in [5.74, 6) is -9.90. The number of rotatable bonds is 4. The number of carbonyl (C=O) groups is 1. The summed E-state index contributed by atoms with van der Waals surface area (Å²) >= 11 is 0. The summed E-state index contributed by atoms with van der Waals surface area (Å²) in [6.45, 7) is 0. The first kappa shape index (κ1) is 18.2. The summed E-state index contributed by atoms with van der Waals surface area (Å²) in [6.07, 6.45) is -8.84. The van der Waals surface area contributed by atoms with E-state index in [1.165, 1.54) is 0 Å². The average molecular weight is 352 g/mol. The first-order chi connectivity index (χ1) is 9.83. The molecule has 124 valence electrons. The third-order valence-corrected chi connectivity index (χ3v) is 2.95. The van der Waals surface area contributed by atoms with Gasteiger partial charge in [0.1, 0.15) is 17.1 Å². The standard InChI is InChI=1S/C10H6F6O5S/c11-4-1-2-5(12)8(13)7(4)9(17)21-6(10(14,15)16)3-22(18,19)20/h1-2,6H,3H2,(H,18,19,20). The fraction of sp³-hybridized carbons (Fsp3) is 0.300. The molecule has 0 fully saturated rings. The molecule has 1 atom stereocenters. The fourth-order valence-corrected chi connectivity index (χ4v) is 1.93. The van der Waals surface area contributed by atoms with Crippen LogP contribution in [0, 0.1) is 17.5 Å². The molecule has 0 radical (unpaired) electrons. The molecule has 0 bridgehead atoms. The van der Waals surface area contributed by atoms with Gasteiger partial charge in [-0.1, -0.05) is 0 Å². The second-order valence-corrected chi connectivity index (χ2v) is 5.40. The number of alkyl halides is 3. The molecule has 1 aromatic rings. The Morgan fingerprint density at radius 3 is 2.14 bits per heavy atom. The van der Waals surface area contributed by atoms with Gasteiger partial charge in [0.2, 0.25) is 6.10 Å². The largest absolute Gasteiger partial charge is 0.448 e. The van der Waals surface area contributed by atoms with Gasteiger partial charge in [-0.15, -0.1) is 0 Å². The first-order valence-electron chi connectivity index (χ1n) is 5.19. The van der Waals surface area contributed by atoms with E-state index in [0.717, 1.165) is 0 Å². The van der Waals surface area contributed by atoms with Crippen molar-refractivity contribution >= 4 is 16.1 Å². The van der Waals surface area contributed by atoms with Gasteiger partial charge in [-0.25, -0.2) is 18.0 Å². The molecule has 0 aliphatic carbocycles. The summed E-state index contributed by atoms with van der Waals surface area (Å²) in [6, 6.07) is 0.543. The lowest BCUT2D eigenvalue weighted by Crippen LogP contribution is -2.39. The molecule has 0 saturated carbocycles. The number of ether oxygens (including phenoxy) is 1. The average Bonchev–Trinajstić information content (AvgIpc) is 2.31. The molecule has 12 heteroatoms. The van der Waals surface area contributed by atoms with Gasteiger partial charge in [0.25, 0.3) is 10.1 Å². The molecule has 1 aromatic carbocycles. The van der Waals surface area contributed by atoms with Crippen LogP contribution in [-0.2, 0) is 14.9 Å². The van der Waals surface area contributed by atoms with Gasteiger partial charge >= 0.3 is 12.1 Å². The van der Waals surface area contributed by atoms with Crippen LogP contribution in [0.15, 0.2) is 12.1 Å². The summed E-state index contributed by atoms with van der Waals surface area (Å²) in [5.41, 5.74) is -1.76. The third kappa shape index (κ3) is 4.59. The van der Waals surface area contributed by atoms with Crippen LogP contribution in [0.5, 0.6) is 0 Å². The number of hydrogen-bond donors (Lipinski definition) is 1. The van der Waals surface area contributed by atoms with Crippen LogP contribution in [0.4, 0.5) is 26.3 Å². The van der Waals surface area contributed by atoms with Crippen LogP contribution in [-0.4, -0.2) is 37.0 Å². The SMILES string of the molecule is O=C(OC(CS(=O)(=O)O)C(F)(F)F)c1c(F)ccc(F)c1F. The van der Waals surface area contributed by atoms with Crippen molar-refractivity contribution < 1.29 is 48.8 Å². The van der Waals surface area contributed by atoms with Crippen molar-refractivity contribution in [3.8, 4) is 0 Å². The topological polar surface area (TPSA) is 80.7 Å². The van der Waals surface area contributed by atoms with Crippen molar-refractivity contribution in [2.45, 2.75) is 12.3 Å².